The second-order valence-corrected chi connectivity index (χ2v) is 4.51. The summed E-state index contributed by atoms with van der Waals surface area (Å²) in [4.78, 5) is 0. The molecule has 0 radical (unpaired) electrons. The zero-order valence-corrected chi connectivity index (χ0v) is 12.1. The summed E-state index contributed by atoms with van der Waals surface area (Å²) in [7, 11) is 3.42. The van der Waals surface area contributed by atoms with Crippen molar-refractivity contribution in [2.24, 2.45) is 0 Å². The van der Waals surface area contributed by atoms with Crippen molar-refractivity contribution in [1.82, 2.24) is 5.32 Å². The van der Waals surface area contributed by atoms with Crippen molar-refractivity contribution in [3.8, 4) is 5.75 Å². The lowest BCUT2D eigenvalue weighted by molar-refractivity contribution is 0.184. The van der Waals surface area contributed by atoms with Crippen molar-refractivity contribution >= 4 is 0 Å². The molecule has 0 fully saturated rings. The zero-order chi connectivity index (χ0) is 13.9. The van der Waals surface area contributed by atoms with E-state index in [0.29, 0.717) is 0 Å². The van der Waals surface area contributed by atoms with Gasteiger partial charge in [0.25, 0.3) is 0 Å². The Kier molecular flexibility index (Phi) is 8.21. The first-order valence-electron chi connectivity index (χ1n) is 6.70. The van der Waals surface area contributed by atoms with E-state index in [4.69, 9.17) is 14.2 Å². The van der Waals surface area contributed by atoms with Crippen molar-refractivity contribution in [2.75, 3.05) is 40.5 Å². The molecule has 0 heterocycles. The van der Waals surface area contributed by atoms with E-state index in [2.05, 4.69) is 24.4 Å². The summed E-state index contributed by atoms with van der Waals surface area (Å²) >= 11 is 0. The summed E-state index contributed by atoms with van der Waals surface area (Å²) in [5.41, 5.74) is 1.26. The normalized spacial score (nSPS) is 12.4. The minimum Gasteiger partial charge on any atom is -0.489 e. The molecule has 108 valence electrons. The molecule has 0 aliphatic heterocycles. The van der Waals surface area contributed by atoms with Crippen LogP contribution in [0.5, 0.6) is 5.75 Å². The Hall–Kier alpha value is -1.10. The van der Waals surface area contributed by atoms with Crippen LogP contribution in [0, 0.1) is 0 Å². The van der Waals surface area contributed by atoms with E-state index in [1.807, 2.05) is 12.1 Å². The van der Waals surface area contributed by atoms with Crippen LogP contribution in [0.15, 0.2) is 24.3 Å². The highest BCUT2D eigenvalue weighted by molar-refractivity contribution is 5.27. The van der Waals surface area contributed by atoms with E-state index < -0.39 is 0 Å². The quantitative estimate of drug-likeness (QED) is 0.657. The molecule has 0 aliphatic carbocycles. The highest BCUT2D eigenvalue weighted by Crippen LogP contribution is 2.14. The molecule has 1 unspecified atom stereocenters. The minimum absolute atomic E-state index is 0.140. The first-order chi connectivity index (χ1) is 9.26. The topological polar surface area (TPSA) is 39.7 Å². The number of benzene rings is 1. The van der Waals surface area contributed by atoms with Crippen molar-refractivity contribution < 1.29 is 14.2 Å². The SMILES string of the molecule is COCCNCC(C)Oc1ccc(CCOC)cc1. The maximum Gasteiger partial charge on any atom is 0.119 e. The highest BCUT2D eigenvalue weighted by Gasteiger charge is 2.03. The van der Waals surface area contributed by atoms with Gasteiger partial charge < -0.3 is 19.5 Å². The number of hydrogen-bond donors (Lipinski definition) is 1. The van der Waals surface area contributed by atoms with Crippen LogP contribution in [-0.4, -0.2) is 46.6 Å². The van der Waals surface area contributed by atoms with Crippen LogP contribution in [0.4, 0.5) is 0 Å². The van der Waals surface area contributed by atoms with Gasteiger partial charge >= 0.3 is 0 Å². The van der Waals surface area contributed by atoms with E-state index in [1.54, 1.807) is 14.2 Å². The number of methoxy groups -OCH3 is 2. The number of nitrogens with one attached hydrogen (secondary N) is 1. The standard InChI is InChI=1S/C15H25NO3/c1-13(12-16-9-11-18-3)19-15-6-4-14(5-7-15)8-10-17-2/h4-7,13,16H,8-12H2,1-3H3. The highest BCUT2D eigenvalue weighted by atomic mass is 16.5. The third kappa shape index (κ3) is 7.15. The fourth-order valence-electron chi connectivity index (χ4n) is 1.71. The molecule has 0 saturated carbocycles. The van der Waals surface area contributed by atoms with Crippen molar-refractivity contribution in [3.63, 3.8) is 0 Å². The van der Waals surface area contributed by atoms with Gasteiger partial charge in [-0.2, -0.15) is 0 Å². The molecule has 0 aliphatic rings. The average Bonchev–Trinajstić information content (AvgIpc) is 2.43. The van der Waals surface area contributed by atoms with Crippen molar-refractivity contribution in [1.29, 1.82) is 0 Å². The Morgan fingerprint density at radius 3 is 2.37 bits per heavy atom. The molecule has 1 aromatic rings. The lowest BCUT2D eigenvalue weighted by Crippen LogP contribution is -2.31. The number of hydrogen-bond acceptors (Lipinski definition) is 4. The third-order valence-corrected chi connectivity index (χ3v) is 2.77. The van der Waals surface area contributed by atoms with E-state index in [1.165, 1.54) is 5.56 Å². The van der Waals surface area contributed by atoms with Gasteiger partial charge in [0, 0.05) is 27.3 Å². The summed E-state index contributed by atoms with van der Waals surface area (Å²) < 4.78 is 15.8. The van der Waals surface area contributed by atoms with Gasteiger partial charge in [-0.1, -0.05) is 12.1 Å². The summed E-state index contributed by atoms with van der Waals surface area (Å²) in [6, 6.07) is 8.19. The van der Waals surface area contributed by atoms with Gasteiger partial charge in [0.15, 0.2) is 0 Å². The Balaban J connectivity index is 2.27. The Labute approximate surface area is 116 Å². The van der Waals surface area contributed by atoms with Gasteiger partial charge in [0.05, 0.1) is 13.2 Å². The predicted molar refractivity (Wildman–Crippen MR) is 76.9 cm³/mol. The molecule has 1 aromatic carbocycles. The van der Waals surface area contributed by atoms with Gasteiger partial charge in [-0.3, -0.25) is 0 Å². The van der Waals surface area contributed by atoms with E-state index in [-0.39, 0.29) is 6.10 Å². The van der Waals surface area contributed by atoms with Gasteiger partial charge in [-0.25, -0.2) is 0 Å². The van der Waals surface area contributed by atoms with Gasteiger partial charge in [-0.15, -0.1) is 0 Å². The lowest BCUT2D eigenvalue weighted by Gasteiger charge is -2.15. The Bertz CT molecular complexity index is 327. The van der Waals surface area contributed by atoms with Gasteiger partial charge in [-0.05, 0) is 31.0 Å². The molecule has 0 spiro atoms. The van der Waals surface area contributed by atoms with Crippen LogP contribution in [0.3, 0.4) is 0 Å². The molecule has 1 rings (SSSR count). The van der Waals surface area contributed by atoms with Crippen LogP contribution in [0.25, 0.3) is 0 Å². The Morgan fingerprint density at radius 1 is 1.05 bits per heavy atom. The lowest BCUT2D eigenvalue weighted by atomic mass is 10.1. The predicted octanol–water partition coefficient (Wildman–Crippen LogP) is 1.88. The third-order valence-electron chi connectivity index (χ3n) is 2.77. The maximum atomic E-state index is 5.82. The fourth-order valence-corrected chi connectivity index (χ4v) is 1.71. The van der Waals surface area contributed by atoms with E-state index in [0.717, 1.165) is 38.5 Å². The largest absolute Gasteiger partial charge is 0.489 e. The molecule has 0 saturated heterocycles. The van der Waals surface area contributed by atoms with Crippen LogP contribution < -0.4 is 10.1 Å². The molecular formula is C15H25NO3. The van der Waals surface area contributed by atoms with Gasteiger partial charge in [0.2, 0.25) is 0 Å². The van der Waals surface area contributed by atoms with Crippen LogP contribution in [-0.2, 0) is 15.9 Å². The first kappa shape index (κ1) is 16.0. The first-order valence-corrected chi connectivity index (χ1v) is 6.70. The van der Waals surface area contributed by atoms with Crippen LogP contribution >= 0.6 is 0 Å². The molecule has 1 N–H and O–H groups in total. The molecule has 1 atom stereocenters. The summed E-state index contributed by atoms with van der Waals surface area (Å²) in [5.74, 6) is 0.905. The molecule has 19 heavy (non-hydrogen) atoms. The summed E-state index contributed by atoms with van der Waals surface area (Å²) in [6.07, 6.45) is 1.08. The van der Waals surface area contributed by atoms with E-state index in [9.17, 15) is 0 Å². The summed E-state index contributed by atoms with van der Waals surface area (Å²) in [6.45, 7) is 5.19. The smallest absolute Gasteiger partial charge is 0.119 e. The molecule has 0 amide bonds. The second-order valence-electron chi connectivity index (χ2n) is 4.51. The molecule has 4 heteroatoms. The van der Waals surface area contributed by atoms with E-state index >= 15 is 0 Å². The van der Waals surface area contributed by atoms with Crippen LogP contribution in [0.1, 0.15) is 12.5 Å². The molecule has 0 bridgehead atoms. The molecular weight excluding hydrogens is 242 g/mol. The zero-order valence-electron chi connectivity index (χ0n) is 12.1. The Morgan fingerprint density at radius 2 is 1.74 bits per heavy atom. The maximum absolute atomic E-state index is 5.82. The number of ether oxygens (including phenoxy) is 3. The summed E-state index contributed by atoms with van der Waals surface area (Å²) in [5, 5.41) is 3.28. The minimum atomic E-state index is 0.140. The molecule has 4 nitrogen and oxygen atoms in total. The monoisotopic (exact) mass is 267 g/mol. The van der Waals surface area contributed by atoms with Crippen molar-refractivity contribution in [2.45, 2.75) is 19.4 Å². The number of rotatable bonds is 10. The van der Waals surface area contributed by atoms with Gasteiger partial charge in [0.1, 0.15) is 11.9 Å². The average molecular weight is 267 g/mol. The van der Waals surface area contributed by atoms with Crippen LogP contribution in [0.2, 0.25) is 0 Å². The van der Waals surface area contributed by atoms with Crippen molar-refractivity contribution in [3.05, 3.63) is 29.8 Å². The molecule has 0 aromatic heterocycles. The second kappa shape index (κ2) is 9.78. The fraction of sp³-hybridized carbons (Fsp3) is 0.600.